The number of nitrogens with one attached hydrogen (secondary N) is 2. The number of carbonyl (C=O) groups is 1. The second-order valence-electron chi connectivity index (χ2n) is 5.72. The Hall–Kier alpha value is -2.78. The number of halogens is 1. The summed E-state index contributed by atoms with van der Waals surface area (Å²) >= 11 is 1.49. The smallest absolute Gasteiger partial charge is 0.252 e. The van der Waals surface area contributed by atoms with E-state index in [4.69, 9.17) is 11.5 Å². The van der Waals surface area contributed by atoms with Crippen molar-refractivity contribution in [1.29, 1.82) is 0 Å². The summed E-state index contributed by atoms with van der Waals surface area (Å²) in [6, 6.07) is 6.49. The molecule has 0 radical (unpaired) electrons. The lowest BCUT2D eigenvalue weighted by atomic mass is 10.2. The Balaban J connectivity index is 1.98. The third kappa shape index (κ3) is 3.73. The van der Waals surface area contributed by atoms with Gasteiger partial charge in [-0.3, -0.25) is 4.79 Å². The molecule has 6 N–H and O–H groups in total. The molecule has 136 valence electrons. The maximum absolute atomic E-state index is 14.3. The average molecular weight is 374 g/mol. The summed E-state index contributed by atoms with van der Waals surface area (Å²) in [7, 11) is 0. The van der Waals surface area contributed by atoms with E-state index in [9.17, 15) is 9.18 Å². The van der Waals surface area contributed by atoms with E-state index in [1.807, 2.05) is 19.1 Å². The van der Waals surface area contributed by atoms with Crippen molar-refractivity contribution in [2.24, 2.45) is 11.5 Å². The molecule has 9 heteroatoms. The molecule has 0 saturated carbocycles. The second-order valence-corrected chi connectivity index (χ2v) is 6.61. The van der Waals surface area contributed by atoms with Crippen molar-refractivity contribution in [3.05, 3.63) is 41.2 Å². The fraction of sp³-hybridized carbons (Fsp3) is 0.235. The number of nitrogens with zero attached hydrogens (tertiary/aromatic N) is 2. The van der Waals surface area contributed by atoms with Crippen molar-refractivity contribution < 1.29 is 9.18 Å². The van der Waals surface area contributed by atoms with Crippen molar-refractivity contribution in [2.75, 3.05) is 17.2 Å². The highest BCUT2D eigenvalue weighted by Gasteiger charge is 2.18. The summed E-state index contributed by atoms with van der Waals surface area (Å²) in [4.78, 5) is 20.2. The predicted molar refractivity (Wildman–Crippen MR) is 102 cm³/mol. The highest BCUT2D eigenvalue weighted by atomic mass is 32.1. The minimum atomic E-state index is -0.768. The van der Waals surface area contributed by atoms with Crippen LogP contribution in [0.15, 0.2) is 29.8 Å². The molecule has 0 spiro atoms. The second kappa shape index (κ2) is 7.63. The number of thiazole rings is 1. The summed E-state index contributed by atoms with van der Waals surface area (Å²) in [6.45, 7) is 2.27. The number of nitrogens with two attached hydrogens (primary N) is 2. The summed E-state index contributed by atoms with van der Waals surface area (Å²) in [6.07, 6.45) is 0.708. The Morgan fingerprint density at radius 2 is 2.15 bits per heavy atom. The van der Waals surface area contributed by atoms with Crippen molar-refractivity contribution >= 4 is 44.8 Å². The Bertz CT molecular complexity index is 940. The number of aromatic nitrogens is 2. The molecule has 3 aromatic rings. The van der Waals surface area contributed by atoms with Gasteiger partial charge in [0.05, 0.1) is 21.3 Å². The topological polar surface area (TPSA) is 119 Å². The van der Waals surface area contributed by atoms with E-state index in [0.29, 0.717) is 18.7 Å². The predicted octanol–water partition coefficient (Wildman–Crippen LogP) is 2.82. The van der Waals surface area contributed by atoms with Gasteiger partial charge in [-0.05, 0) is 30.7 Å². The first-order chi connectivity index (χ1) is 12.5. The van der Waals surface area contributed by atoms with E-state index in [1.165, 1.54) is 11.3 Å². The number of amides is 1. The number of pyridine rings is 1. The summed E-state index contributed by atoms with van der Waals surface area (Å²) < 4.78 is 15.3. The maximum atomic E-state index is 14.3. The number of primary amides is 1. The molecule has 1 unspecified atom stereocenters. The zero-order chi connectivity index (χ0) is 18.7. The van der Waals surface area contributed by atoms with Gasteiger partial charge in [0.25, 0.3) is 5.91 Å². The molecular weight excluding hydrogens is 355 g/mol. The highest BCUT2D eigenvalue weighted by molar-refractivity contribution is 7.16. The Morgan fingerprint density at radius 3 is 2.85 bits per heavy atom. The van der Waals surface area contributed by atoms with Crippen molar-refractivity contribution in [3.8, 4) is 0 Å². The largest absolute Gasteiger partial charge is 0.365 e. The molecule has 7 nitrogen and oxygen atoms in total. The molecule has 26 heavy (non-hydrogen) atoms. The van der Waals surface area contributed by atoms with Gasteiger partial charge in [0.1, 0.15) is 5.82 Å². The number of anilines is 3. The minimum absolute atomic E-state index is 0.0219. The fourth-order valence-corrected chi connectivity index (χ4v) is 3.18. The van der Waals surface area contributed by atoms with Crippen LogP contribution in [-0.4, -0.2) is 28.5 Å². The quantitative estimate of drug-likeness (QED) is 0.505. The molecule has 0 aliphatic rings. The first kappa shape index (κ1) is 18.0. The third-order valence-electron chi connectivity index (χ3n) is 3.95. The van der Waals surface area contributed by atoms with Crippen LogP contribution < -0.4 is 22.1 Å². The molecule has 1 atom stereocenters. The molecule has 0 saturated heterocycles. The van der Waals surface area contributed by atoms with Crippen LogP contribution in [0.1, 0.15) is 23.7 Å². The number of rotatable bonds is 7. The van der Waals surface area contributed by atoms with Crippen LogP contribution in [0, 0.1) is 5.82 Å². The van der Waals surface area contributed by atoms with Gasteiger partial charge in [-0.15, -0.1) is 11.3 Å². The van der Waals surface area contributed by atoms with E-state index in [-0.39, 0.29) is 23.2 Å². The standard InChI is InChI=1S/C17H19FN6OS/c1-2-9(7-19)22-17-12(18)6-11(15(20)25)16(24-17)23-10-3-4-13-14(5-10)26-8-21-13/h3-6,8-9H,2,7,19H2,1H3,(H2,20,25)(H2,22,23,24). The molecule has 0 bridgehead atoms. The zero-order valence-corrected chi connectivity index (χ0v) is 14.9. The SMILES string of the molecule is CCC(CN)Nc1nc(Nc2ccc3ncsc3c2)c(C(N)=O)cc1F. The Kier molecular flexibility index (Phi) is 5.29. The van der Waals surface area contributed by atoms with Crippen LogP contribution >= 0.6 is 11.3 Å². The molecule has 3 rings (SSSR count). The fourth-order valence-electron chi connectivity index (χ4n) is 2.46. The van der Waals surface area contributed by atoms with Gasteiger partial charge in [-0.25, -0.2) is 14.4 Å². The molecule has 0 aliphatic carbocycles. The summed E-state index contributed by atoms with van der Waals surface area (Å²) in [5, 5.41) is 6.00. The van der Waals surface area contributed by atoms with Gasteiger partial charge >= 0.3 is 0 Å². The van der Waals surface area contributed by atoms with Crippen LogP contribution in [0.3, 0.4) is 0 Å². The highest BCUT2D eigenvalue weighted by Crippen LogP contribution is 2.27. The maximum Gasteiger partial charge on any atom is 0.252 e. The van der Waals surface area contributed by atoms with Crippen LogP contribution in [0.5, 0.6) is 0 Å². The van der Waals surface area contributed by atoms with Crippen molar-refractivity contribution in [2.45, 2.75) is 19.4 Å². The molecule has 0 fully saturated rings. The van der Waals surface area contributed by atoms with E-state index in [2.05, 4.69) is 20.6 Å². The zero-order valence-electron chi connectivity index (χ0n) is 14.1. The van der Waals surface area contributed by atoms with Gasteiger partial charge in [0, 0.05) is 18.3 Å². The first-order valence-electron chi connectivity index (χ1n) is 8.09. The number of carbonyl (C=O) groups excluding carboxylic acids is 1. The molecule has 2 aromatic heterocycles. The van der Waals surface area contributed by atoms with Crippen LogP contribution in [-0.2, 0) is 0 Å². The third-order valence-corrected chi connectivity index (χ3v) is 4.75. The van der Waals surface area contributed by atoms with Gasteiger partial charge < -0.3 is 22.1 Å². The van der Waals surface area contributed by atoms with Crippen molar-refractivity contribution in [1.82, 2.24) is 9.97 Å². The van der Waals surface area contributed by atoms with Crippen LogP contribution in [0.4, 0.5) is 21.7 Å². The number of hydrogen-bond donors (Lipinski definition) is 4. The Labute approximate surface area is 153 Å². The molecule has 0 aliphatic heterocycles. The van der Waals surface area contributed by atoms with Crippen LogP contribution in [0.25, 0.3) is 10.2 Å². The summed E-state index contributed by atoms with van der Waals surface area (Å²) in [5.41, 5.74) is 14.3. The van der Waals surface area contributed by atoms with E-state index < -0.39 is 11.7 Å². The lowest BCUT2D eigenvalue weighted by molar-refractivity contribution is 0.100. The van der Waals surface area contributed by atoms with E-state index in [0.717, 1.165) is 16.3 Å². The number of benzene rings is 1. The number of hydrogen-bond acceptors (Lipinski definition) is 7. The minimum Gasteiger partial charge on any atom is -0.365 e. The molecule has 1 aromatic carbocycles. The molecule has 1 amide bonds. The lowest BCUT2D eigenvalue weighted by Gasteiger charge is -2.18. The van der Waals surface area contributed by atoms with E-state index >= 15 is 0 Å². The van der Waals surface area contributed by atoms with E-state index in [1.54, 1.807) is 11.6 Å². The first-order valence-corrected chi connectivity index (χ1v) is 8.97. The average Bonchev–Trinajstić information content (AvgIpc) is 3.09. The number of fused-ring (bicyclic) bond motifs is 1. The van der Waals surface area contributed by atoms with Gasteiger partial charge in [0.15, 0.2) is 11.6 Å². The van der Waals surface area contributed by atoms with Gasteiger partial charge in [-0.1, -0.05) is 6.92 Å². The normalized spacial score (nSPS) is 12.1. The Morgan fingerprint density at radius 1 is 1.35 bits per heavy atom. The summed E-state index contributed by atoms with van der Waals surface area (Å²) in [5.74, 6) is -1.23. The monoisotopic (exact) mass is 374 g/mol. The van der Waals surface area contributed by atoms with Crippen molar-refractivity contribution in [3.63, 3.8) is 0 Å². The molecular formula is C17H19FN6OS. The van der Waals surface area contributed by atoms with Gasteiger partial charge in [0.2, 0.25) is 0 Å². The molecule has 2 heterocycles. The van der Waals surface area contributed by atoms with Crippen LogP contribution in [0.2, 0.25) is 0 Å². The van der Waals surface area contributed by atoms with Gasteiger partial charge in [-0.2, -0.15) is 0 Å². The lowest BCUT2D eigenvalue weighted by Crippen LogP contribution is -2.29.